The minimum Gasteiger partial charge on any atom is -0.469 e. The number of esters is 1. The van der Waals surface area contributed by atoms with Crippen LogP contribution in [0.1, 0.15) is 26.2 Å². The molecule has 0 amide bonds. The van der Waals surface area contributed by atoms with Crippen molar-refractivity contribution in [3.05, 3.63) is 24.3 Å². The van der Waals surface area contributed by atoms with Gasteiger partial charge in [-0.05, 0) is 32.1 Å². The summed E-state index contributed by atoms with van der Waals surface area (Å²) in [6.45, 7) is 2.02. The zero-order valence-electron chi connectivity index (χ0n) is 8.90. The summed E-state index contributed by atoms with van der Waals surface area (Å²) in [7, 11) is 1.45. The topological polar surface area (TPSA) is 26.3 Å². The Labute approximate surface area is 85.6 Å². The zero-order valence-corrected chi connectivity index (χ0v) is 8.90. The Bertz CT molecular complexity index is 241. The molecule has 0 aliphatic heterocycles. The molecule has 14 heavy (non-hydrogen) atoms. The van der Waals surface area contributed by atoms with Crippen molar-refractivity contribution in [1.82, 2.24) is 0 Å². The maximum atomic E-state index is 11.3. The lowest BCUT2D eigenvalue weighted by Crippen LogP contribution is -2.20. The van der Waals surface area contributed by atoms with E-state index in [1.807, 2.05) is 13.0 Å². The van der Waals surface area contributed by atoms with Crippen molar-refractivity contribution < 1.29 is 9.53 Å². The third-order valence-electron chi connectivity index (χ3n) is 2.63. The van der Waals surface area contributed by atoms with Gasteiger partial charge in [-0.3, -0.25) is 4.79 Å². The second-order valence-electron chi connectivity index (χ2n) is 3.70. The van der Waals surface area contributed by atoms with Crippen molar-refractivity contribution in [1.29, 1.82) is 0 Å². The number of methoxy groups -OCH3 is 1. The predicted octanol–water partition coefficient (Wildman–Crippen LogP) is 2.71. The van der Waals surface area contributed by atoms with Crippen LogP contribution in [0.3, 0.4) is 0 Å². The number of hydrogen-bond acceptors (Lipinski definition) is 2. The van der Waals surface area contributed by atoms with Gasteiger partial charge in [-0.25, -0.2) is 0 Å². The van der Waals surface area contributed by atoms with Crippen molar-refractivity contribution in [2.24, 2.45) is 11.8 Å². The highest BCUT2D eigenvalue weighted by molar-refractivity contribution is 5.74. The molecule has 0 saturated carbocycles. The van der Waals surface area contributed by atoms with Gasteiger partial charge in [-0.1, -0.05) is 24.3 Å². The Hall–Kier alpha value is -1.05. The second kappa shape index (κ2) is 5.63. The summed E-state index contributed by atoms with van der Waals surface area (Å²) < 4.78 is 4.73. The maximum absolute atomic E-state index is 11.3. The fourth-order valence-electron chi connectivity index (χ4n) is 1.82. The van der Waals surface area contributed by atoms with E-state index in [0.717, 1.165) is 19.3 Å². The van der Waals surface area contributed by atoms with Crippen LogP contribution in [0.2, 0.25) is 0 Å². The first kappa shape index (κ1) is 11.0. The lowest BCUT2D eigenvalue weighted by atomic mass is 9.84. The van der Waals surface area contributed by atoms with Gasteiger partial charge in [0.05, 0.1) is 13.0 Å². The van der Waals surface area contributed by atoms with Crippen LogP contribution in [0.4, 0.5) is 0 Å². The minimum absolute atomic E-state index is 0.0241. The highest BCUT2D eigenvalue weighted by atomic mass is 16.5. The summed E-state index contributed by atoms with van der Waals surface area (Å²) in [6.07, 6.45) is 11.4. The third-order valence-corrected chi connectivity index (χ3v) is 2.63. The number of carbonyl (C=O) groups is 1. The smallest absolute Gasteiger partial charge is 0.312 e. The lowest BCUT2D eigenvalue weighted by molar-refractivity contribution is -0.144. The quantitative estimate of drug-likeness (QED) is 0.510. The average molecular weight is 194 g/mol. The van der Waals surface area contributed by atoms with E-state index in [4.69, 9.17) is 4.74 Å². The molecule has 0 saturated heterocycles. The van der Waals surface area contributed by atoms with Crippen molar-refractivity contribution >= 4 is 5.97 Å². The van der Waals surface area contributed by atoms with Crippen LogP contribution in [0.15, 0.2) is 24.3 Å². The molecule has 2 atom stereocenters. The van der Waals surface area contributed by atoms with Gasteiger partial charge >= 0.3 is 5.97 Å². The average Bonchev–Trinajstić information content (AvgIpc) is 2.25. The maximum Gasteiger partial charge on any atom is 0.312 e. The normalized spacial score (nSPS) is 26.7. The van der Waals surface area contributed by atoms with E-state index in [2.05, 4.69) is 18.2 Å². The molecule has 0 radical (unpaired) electrons. The first-order valence-corrected chi connectivity index (χ1v) is 5.13. The molecular weight excluding hydrogens is 176 g/mol. The van der Waals surface area contributed by atoms with Gasteiger partial charge in [0.1, 0.15) is 0 Å². The van der Waals surface area contributed by atoms with E-state index < -0.39 is 0 Å². The van der Waals surface area contributed by atoms with E-state index in [1.165, 1.54) is 7.11 Å². The standard InChI is InChI=1S/C12H18O2/c1-3-4-6-10-7-5-8-11(9-10)12(13)14-2/h3-5,8,10-11H,6-7,9H2,1-2H3/b4-3+. The minimum atomic E-state index is -0.105. The summed E-state index contributed by atoms with van der Waals surface area (Å²) in [6, 6.07) is 0. The Kier molecular flexibility index (Phi) is 4.44. The fourth-order valence-corrected chi connectivity index (χ4v) is 1.82. The molecule has 2 unspecified atom stereocenters. The van der Waals surface area contributed by atoms with Gasteiger partial charge in [0.2, 0.25) is 0 Å². The number of carbonyl (C=O) groups excluding carboxylic acids is 1. The van der Waals surface area contributed by atoms with Crippen LogP contribution < -0.4 is 0 Å². The highest BCUT2D eigenvalue weighted by Crippen LogP contribution is 2.27. The molecule has 78 valence electrons. The van der Waals surface area contributed by atoms with Gasteiger partial charge in [-0.2, -0.15) is 0 Å². The number of rotatable bonds is 3. The Morgan fingerprint density at radius 1 is 1.64 bits per heavy atom. The summed E-state index contributed by atoms with van der Waals surface area (Å²) in [5.74, 6) is 0.468. The number of hydrogen-bond donors (Lipinski definition) is 0. The van der Waals surface area contributed by atoms with Gasteiger partial charge in [0, 0.05) is 0 Å². The molecule has 0 aromatic heterocycles. The molecule has 0 spiro atoms. The van der Waals surface area contributed by atoms with Crippen molar-refractivity contribution in [3.8, 4) is 0 Å². The van der Waals surface area contributed by atoms with E-state index >= 15 is 0 Å². The summed E-state index contributed by atoms with van der Waals surface area (Å²) in [5, 5.41) is 0. The van der Waals surface area contributed by atoms with Crippen LogP contribution in [0, 0.1) is 11.8 Å². The van der Waals surface area contributed by atoms with Crippen LogP contribution in [-0.2, 0) is 9.53 Å². The molecule has 1 rings (SSSR count). The summed E-state index contributed by atoms with van der Waals surface area (Å²) in [4.78, 5) is 11.3. The van der Waals surface area contributed by atoms with E-state index in [1.54, 1.807) is 0 Å². The van der Waals surface area contributed by atoms with Crippen LogP contribution >= 0.6 is 0 Å². The van der Waals surface area contributed by atoms with Crippen molar-refractivity contribution in [3.63, 3.8) is 0 Å². The van der Waals surface area contributed by atoms with E-state index in [0.29, 0.717) is 5.92 Å². The molecule has 0 bridgehead atoms. The summed E-state index contributed by atoms with van der Waals surface area (Å²) >= 11 is 0. The zero-order chi connectivity index (χ0) is 10.4. The van der Waals surface area contributed by atoms with Gasteiger partial charge in [0.15, 0.2) is 0 Å². The molecule has 1 aliphatic carbocycles. The van der Waals surface area contributed by atoms with Crippen molar-refractivity contribution in [2.45, 2.75) is 26.2 Å². The first-order valence-electron chi connectivity index (χ1n) is 5.13. The monoisotopic (exact) mass is 194 g/mol. The van der Waals surface area contributed by atoms with Gasteiger partial charge in [-0.15, -0.1) is 0 Å². The van der Waals surface area contributed by atoms with E-state index in [-0.39, 0.29) is 11.9 Å². The van der Waals surface area contributed by atoms with Crippen molar-refractivity contribution in [2.75, 3.05) is 7.11 Å². The van der Waals surface area contributed by atoms with E-state index in [9.17, 15) is 4.79 Å². The first-order chi connectivity index (χ1) is 6.77. The van der Waals surface area contributed by atoms with Crippen LogP contribution in [0.5, 0.6) is 0 Å². The lowest BCUT2D eigenvalue weighted by Gasteiger charge is -2.21. The number of ether oxygens (including phenoxy) is 1. The largest absolute Gasteiger partial charge is 0.469 e. The molecular formula is C12H18O2. The van der Waals surface area contributed by atoms with Crippen LogP contribution in [-0.4, -0.2) is 13.1 Å². The molecule has 0 heterocycles. The SMILES string of the molecule is C/C=C/CC1CC=CC(C(=O)OC)C1. The Balaban J connectivity index is 2.47. The number of allylic oxidation sites excluding steroid dienone is 3. The van der Waals surface area contributed by atoms with Gasteiger partial charge in [0.25, 0.3) is 0 Å². The molecule has 0 aromatic carbocycles. The predicted molar refractivity (Wildman–Crippen MR) is 56.8 cm³/mol. The Morgan fingerprint density at radius 2 is 2.43 bits per heavy atom. The molecule has 2 nitrogen and oxygen atoms in total. The highest BCUT2D eigenvalue weighted by Gasteiger charge is 2.23. The third kappa shape index (κ3) is 3.02. The van der Waals surface area contributed by atoms with Gasteiger partial charge < -0.3 is 4.74 Å². The Morgan fingerprint density at radius 3 is 3.07 bits per heavy atom. The molecule has 2 heteroatoms. The fraction of sp³-hybridized carbons (Fsp3) is 0.583. The van der Waals surface area contributed by atoms with Crippen LogP contribution in [0.25, 0.3) is 0 Å². The molecule has 1 aliphatic rings. The second-order valence-corrected chi connectivity index (χ2v) is 3.70. The summed E-state index contributed by atoms with van der Waals surface area (Å²) in [5.41, 5.74) is 0. The molecule has 0 N–H and O–H groups in total. The molecule has 0 fully saturated rings. The molecule has 0 aromatic rings.